The summed E-state index contributed by atoms with van der Waals surface area (Å²) in [5.41, 5.74) is 0.403. The second-order valence-electron chi connectivity index (χ2n) is 7.42. The average Bonchev–Trinajstić information content (AvgIpc) is 3.19. The maximum absolute atomic E-state index is 10.5. The molecule has 6 nitrogen and oxygen atoms in total. The highest BCUT2D eigenvalue weighted by molar-refractivity contribution is 5.66. The molecule has 1 aliphatic rings. The number of unbranched alkanes of at least 4 members (excludes halogenated alkanes) is 1. The lowest BCUT2D eigenvalue weighted by atomic mass is 9.79. The first-order chi connectivity index (χ1) is 12.9. The molecule has 0 aromatic carbocycles. The molecule has 6 heteroatoms. The minimum absolute atomic E-state index is 0.133. The Bertz CT molecular complexity index is 633. The highest BCUT2D eigenvalue weighted by atomic mass is 16.4. The van der Waals surface area contributed by atoms with Gasteiger partial charge in [0.15, 0.2) is 0 Å². The summed E-state index contributed by atoms with van der Waals surface area (Å²) in [6.45, 7) is 0. The lowest BCUT2D eigenvalue weighted by Gasteiger charge is -2.28. The number of rotatable bonds is 11. The molecule has 0 amide bonds. The van der Waals surface area contributed by atoms with Crippen LogP contribution >= 0.6 is 0 Å². The van der Waals surface area contributed by atoms with Crippen LogP contribution in [0, 0.1) is 5.41 Å². The number of aliphatic hydroxyl groups excluding tert-OH is 3. The SMILES string of the molecule is O=C(O)CCC/C=C\CC1(/C=C(/O)CCCc2ccoc2)C[C@H](O)C[C@@H]1O. The van der Waals surface area contributed by atoms with Crippen molar-refractivity contribution in [2.75, 3.05) is 0 Å². The fourth-order valence-corrected chi connectivity index (χ4v) is 3.69. The summed E-state index contributed by atoms with van der Waals surface area (Å²) in [7, 11) is 0. The Morgan fingerprint density at radius 2 is 2.04 bits per heavy atom. The fourth-order valence-electron chi connectivity index (χ4n) is 3.69. The van der Waals surface area contributed by atoms with E-state index in [0.29, 0.717) is 38.5 Å². The molecule has 1 aliphatic carbocycles. The van der Waals surface area contributed by atoms with Crippen molar-refractivity contribution in [3.8, 4) is 0 Å². The molecule has 1 heterocycles. The second kappa shape index (κ2) is 10.3. The molecule has 3 atom stereocenters. The molecule has 1 saturated carbocycles. The van der Waals surface area contributed by atoms with E-state index in [9.17, 15) is 20.1 Å². The molecule has 0 aliphatic heterocycles. The number of aliphatic hydroxyl groups is 3. The first-order valence-electron chi connectivity index (χ1n) is 9.56. The zero-order chi connectivity index (χ0) is 19.7. The maximum Gasteiger partial charge on any atom is 0.303 e. The Labute approximate surface area is 159 Å². The molecule has 0 radical (unpaired) electrons. The highest BCUT2D eigenvalue weighted by Crippen LogP contribution is 2.44. The topological polar surface area (TPSA) is 111 Å². The van der Waals surface area contributed by atoms with Crippen LogP contribution in [0.3, 0.4) is 0 Å². The zero-order valence-electron chi connectivity index (χ0n) is 15.6. The number of carbonyl (C=O) groups is 1. The summed E-state index contributed by atoms with van der Waals surface area (Å²) < 4.78 is 5.03. The Morgan fingerprint density at radius 3 is 2.67 bits per heavy atom. The van der Waals surface area contributed by atoms with Crippen molar-refractivity contribution >= 4 is 5.97 Å². The number of aryl methyl sites for hydroxylation is 1. The standard InChI is InChI=1S/C21H30O6/c22-17(7-5-6-16-9-11-27-15-16)13-21(14-18(23)12-19(21)24)10-4-2-1-3-8-20(25)26/h2,4,9,11,13,15,18-19,22-24H,1,3,5-8,10,12,14H2,(H,25,26)/b4-2-,17-13+/t18-,19+,21?/m1/s1. The predicted molar refractivity (Wildman–Crippen MR) is 101 cm³/mol. The van der Waals surface area contributed by atoms with Gasteiger partial charge in [-0.1, -0.05) is 12.2 Å². The summed E-state index contributed by atoms with van der Waals surface area (Å²) in [4.78, 5) is 10.5. The monoisotopic (exact) mass is 378 g/mol. The third-order valence-corrected chi connectivity index (χ3v) is 5.13. The van der Waals surface area contributed by atoms with Crippen LogP contribution in [-0.2, 0) is 11.2 Å². The molecule has 1 aromatic rings. The van der Waals surface area contributed by atoms with E-state index in [2.05, 4.69) is 0 Å². The minimum atomic E-state index is -0.808. The number of carboxylic acid groups (broad SMARTS) is 1. The van der Waals surface area contributed by atoms with Gasteiger partial charge >= 0.3 is 5.97 Å². The van der Waals surface area contributed by atoms with Crippen molar-refractivity contribution in [3.05, 3.63) is 48.1 Å². The van der Waals surface area contributed by atoms with Gasteiger partial charge in [0.2, 0.25) is 0 Å². The van der Waals surface area contributed by atoms with Crippen LogP contribution in [-0.4, -0.2) is 38.6 Å². The van der Waals surface area contributed by atoms with Gasteiger partial charge in [0.25, 0.3) is 0 Å². The lowest BCUT2D eigenvalue weighted by molar-refractivity contribution is -0.137. The molecule has 2 rings (SSSR count). The van der Waals surface area contributed by atoms with Gasteiger partial charge in [0, 0.05) is 24.7 Å². The van der Waals surface area contributed by atoms with E-state index in [-0.39, 0.29) is 12.2 Å². The smallest absolute Gasteiger partial charge is 0.303 e. The first-order valence-corrected chi connectivity index (χ1v) is 9.56. The first kappa shape index (κ1) is 21.3. The molecule has 1 aromatic heterocycles. The van der Waals surface area contributed by atoms with Crippen molar-refractivity contribution in [1.29, 1.82) is 0 Å². The number of aliphatic carboxylic acids is 1. The van der Waals surface area contributed by atoms with E-state index in [1.54, 1.807) is 18.6 Å². The van der Waals surface area contributed by atoms with Crippen LogP contribution in [0.4, 0.5) is 0 Å². The van der Waals surface area contributed by atoms with E-state index in [1.807, 2.05) is 18.2 Å². The normalized spacial score (nSPS) is 26.1. The van der Waals surface area contributed by atoms with Gasteiger partial charge in [-0.15, -0.1) is 0 Å². The molecular formula is C21H30O6. The van der Waals surface area contributed by atoms with E-state index in [1.165, 1.54) is 0 Å². The molecule has 1 unspecified atom stereocenters. The van der Waals surface area contributed by atoms with Gasteiger partial charge in [-0.2, -0.15) is 0 Å². The minimum Gasteiger partial charge on any atom is -0.513 e. The Morgan fingerprint density at radius 1 is 1.22 bits per heavy atom. The number of hydrogen-bond acceptors (Lipinski definition) is 5. The summed E-state index contributed by atoms with van der Waals surface area (Å²) in [6, 6.07) is 1.90. The molecule has 27 heavy (non-hydrogen) atoms. The van der Waals surface area contributed by atoms with Crippen molar-refractivity contribution in [2.45, 2.75) is 70.0 Å². The zero-order valence-corrected chi connectivity index (χ0v) is 15.6. The van der Waals surface area contributed by atoms with Gasteiger partial charge in [-0.25, -0.2) is 0 Å². The van der Waals surface area contributed by atoms with E-state index in [4.69, 9.17) is 9.52 Å². The van der Waals surface area contributed by atoms with E-state index < -0.39 is 23.6 Å². The largest absolute Gasteiger partial charge is 0.513 e. The summed E-state index contributed by atoms with van der Waals surface area (Å²) in [6.07, 6.45) is 12.2. The van der Waals surface area contributed by atoms with Gasteiger partial charge < -0.3 is 24.8 Å². The van der Waals surface area contributed by atoms with Crippen molar-refractivity contribution < 1.29 is 29.6 Å². The van der Waals surface area contributed by atoms with Crippen LogP contribution < -0.4 is 0 Å². The molecule has 150 valence electrons. The molecule has 0 saturated heterocycles. The number of furan rings is 1. The predicted octanol–water partition coefficient (Wildman–Crippen LogP) is 3.75. The van der Waals surface area contributed by atoms with E-state index >= 15 is 0 Å². The van der Waals surface area contributed by atoms with E-state index in [0.717, 1.165) is 18.4 Å². The van der Waals surface area contributed by atoms with Crippen LogP contribution in [0.2, 0.25) is 0 Å². The summed E-state index contributed by atoms with van der Waals surface area (Å²) in [5, 5.41) is 39.5. The third kappa shape index (κ3) is 6.88. The quantitative estimate of drug-likeness (QED) is 0.265. The van der Waals surface area contributed by atoms with Gasteiger partial charge in [0.05, 0.1) is 30.5 Å². The number of hydrogen-bond donors (Lipinski definition) is 4. The molecule has 4 N–H and O–H groups in total. The molecular weight excluding hydrogens is 348 g/mol. The highest BCUT2D eigenvalue weighted by Gasteiger charge is 2.44. The average molecular weight is 378 g/mol. The molecule has 0 spiro atoms. The van der Waals surface area contributed by atoms with Crippen LogP contribution in [0.5, 0.6) is 0 Å². The van der Waals surface area contributed by atoms with Crippen molar-refractivity contribution in [3.63, 3.8) is 0 Å². The third-order valence-electron chi connectivity index (χ3n) is 5.13. The maximum atomic E-state index is 10.5. The van der Waals surface area contributed by atoms with Gasteiger partial charge in [-0.05, 0) is 56.2 Å². The fraction of sp³-hybridized carbons (Fsp3) is 0.571. The van der Waals surface area contributed by atoms with Gasteiger partial charge in [-0.3, -0.25) is 4.79 Å². The van der Waals surface area contributed by atoms with Crippen molar-refractivity contribution in [1.82, 2.24) is 0 Å². The van der Waals surface area contributed by atoms with Crippen LogP contribution in [0.1, 0.15) is 56.9 Å². The second-order valence-corrected chi connectivity index (χ2v) is 7.42. The van der Waals surface area contributed by atoms with Gasteiger partial charge in [0.1, 0.15) is 0 Å². The van der Waals surface area contributed by atoms with Crippen LogP contribution in [0.25, 0.3) is 0 Å². The molecule has 0 bridgehead atoms. The Hall–Kier alpha value is -2.05. The van der Waals surface area contributed by atoms with Crippen molar-refractivity contribution in [2.24, 2.45) is 5.41 Å². The number of allylic oxidation sites excluding steroid dienone is 3. The van der Waals surface area contributed by atoms with Crippen LogP contribution in [0.15, 0.2) is 47.0 Å². The Balaban J connectivity index is 1.91. The lowest BCUT2D eigenvalue weighted by Crippen LogP contribution is -2.28. The molecule has 1 fully saturated rings. The Kier molecular flexibility index (Phi) is 8.13. The summed E-state index contributed by atoms with van der Waals surface area (Å²) >= 11 is 0. The number of carboxylic acids is 1. The summed E-state index contributed by atoms with van der Waals surface area (Å²) in [5.74, 6) is -0.580.